The highest BCUT2D eigenvalue weighted by Crippen LogP contribution is 2.30. The average molecular weight is 274 g/mol. The van der Waals surface area contributed by atoms with E-state index < -0.39 is 0 Å². The van der Waals surface area contributed by atoms with E-state index in [4.69, 9.17) is 23.2 Å². The van der Waals surface area contributed by atoms with E-state index in [-0.39, 0.29) is 0 Å². The number of hydrogen-bond acceptors (Lipinski definition) is 1. The summed E-state index contributed by atoms with van der Waals surface area (Å²) in [5.41, 5.74) is 1.14. The predicted octanol–water partition coefficient (Wildman–Crippen LogP) is 4.88. The van der Waals surface area contributed by atoms with Crippen LogP contribution in [0.4, 0.5) is 0 Å². The summed E-state index contributed by atoms with van der Waals surface area (Å²) in [4.78, 5) is 0. The molecule has 0 aliphatic heterocycles. The van der Waals surface area contributed by atoms with E-state index in [9.17, 15) is 0 Å². The second-order valence-electron chi connectivity index (χ2n) is 4.66. The van der Waals surface area contributed by atoms with Crippen LogP contribution in [0.2, 0.25) is 10.0 Å². The van der Waals surface area contributed by atoms with Crippen molar-refractivity contribution in [2.24, 2.45) is 0 Å². The van der Waals surface area contributed by atoms with Crippen molar-refractivity contribution in [3.63, 3.8) is 0 Å². The van der Waals surface area contributed by atoms with Gasteiger partial charge in [0.05, 0.1) is 0 Å². The first-order valence-corrected chi connectivity index (χ1v) is 6.98. The summed E-state index contributed by atoms with van der Waals surface area (Å²) in [6.07, 6.45) is 2.23. The summed E-state index contributed by atoms with van der Waals surface area (Å²) in [5, 5.41) is 5.06. The number of nitrogens with one attached hydrogen (secondary N) is 1. The maximum absolute atomic E-state index is 6.20. The Labute approximate surface area is 115 Å². The van der Waals surface area contributed by atoms with Gasteiger partial charge < -0.3 is 5.32 Å². The van der Waals surface area contributed by atoms with E-state index in [1.54, 1.807) is 0 Å². The first kappa shape index (κ1) is 14.8. The fourth-order valence-corrected chi connectivity index (χ4v) is 2.51. The fourth-order valence-electron chi connectivity index (χ4n) is 2.02. The lowest BCUT2D eigenvalue weighted by molar-refractivity contribution is 0.479. The summed E-state index contributed by atoms with van der Waals surface area (Å²) in [7, 11) is 0. The van der Waals surface area contributed by atoms with E-state index in [0.717, 1.165) is 35.0 Å². The molecule has 3 heteroatoms. The zero-order chi connectivity index (χ0) is 12.8. The molecular weight excluding hydrogens is 253 g/mol. The van der Waals surface area contributed by atoms with Gasteiger partial charge in [-0.3, -0.25) is 0 Å². The van der Waals surface area contributed by atoms with Gasteiger partial charge in [-0.25, -0.2) is 0 Å². The van der Waals surface area contributed by atoms with E-state index >= 15 is 0 Å². The molecule has 0 fully saturated rings. The Morgan fingerprint density at radius 2 is 1.94 bits per heavy atom. The summed E-state index contributed by atoms with van der Waals surface area (Å²) >= 11 is 12.2. The molecule has 1 aromatic carbocycles. The van der Waals surface area contributed by atoms with Crippen molar-refractivity contribution in [1.82, 2.24) is 5.32 Å². The smallest absolute Gasteiger partial charge is 0.0441 e. The van der Waals surface area contributed by atoms with Gasteiger partial charge in [0.2, 0.25) is 0 Å². The minimum atomic E-state index is 0.417. The monoisotopic (exact) mass is 273 g/mol. The molecule has 0 aliphatic rings. The van der Waals surface area contributed by atoms with Crippen LogP contribution in [0.1, 0.15) is 45.1 Å². The zero-order valence-corrected chi connectivity index (χ0v) is 12.3. The lowest BCUT2D eigenvalue weighted by Crippen LogP contribution is -2.28. The summed E-state index contributed by atoms with van der Waals surface area (Å²) in [6.45, 7) is 7.65. The average Bonchev–Trinajstić information content (AvgIpc) is 2.29. The number of hydrogen-bond donors (Lipinski definition) is 1. The van der Waals surface area contributed by atoms with E-state index in [0.29, 0.717) is 12.0 Å². The lowest BCUT2D eigenvalue weighted by atomic mass is 9.94. The molecule has 1 N–H and O–H groups in total. The van der Waals surface area contributed by atoms with Crippen LogP contribution < -0.4 is 5.32 Å². The molecule has 0 aliphatic carbocycles. The van der Waals surface area contributed by atoms with Crippen LogP contribution in [-0.4, -0.2) is 12.6 Å². The Kier molecular flexibility index (Phi) is 6.32. The highest BCUT2D eigenvalue weighted by molar-refractivity contribution is 6.33. The fraction of sp³-hybridized carbons (Fsp3) is 0.571. The van der Waals surface area contributed by atoms with Gasteiger partial charge in [0.25, 0.3) is 0 Å². The Hall–Kier alpha value is -0.240. The van der Waals surface area contributed by atoms with Gasteiger partial charge in [0.1, 0.15) is 0 Å². The van der Waals surface area contributed by atoms with Gasteiger partial charge in [-0.15, -0.1) is 0 Å². The Morgan fingerprint density at radius 1 is 1.24 bits per heavy atom. The van der Waals surface area contributed by atoms with Crippen molar-refractivity contribution < 1.29 is 0 Å². The maximum atomic E-state index is 6.20. The summed E-state index contributed by atoms with van der Waals surface area (Å²) in [6, 6.07) is 6.18. The lowest BCUT2D eigenvalue weighted by Gasteiger charge is -2.19. The Morgan fingerprint density at radius 3 is 2.59 bits per heavy atom. The minimum absolute atomic E-state index is 0.417. The van der Waals surface area contributed by atoms with Gasteiger partial charge in [0.15, 0.2) is 0 Å². The topological polar surface area (TPSA) is 12.0 Å². The van der Waals surface area contributed by atoms with Crippen LogP contribution in [0, 0.1) is 0 Å². The second-order valence-corrected chi connectivity index (χ2v) is 5.50. The van der Waals surface area contributed by atoms with Crippen molar-refractivity contribution in [2.75, 3.05) is 6.54 Å². The molecule has 0 saturated carbocycles. The molecule has 96 valence electrons. The molecule has 0 heterocycles. The molecule has 2 unspecified atom stereocenters. The number of benzene rings is 1. The second kappa shape index (κ2) is 7.25. The van der Waals surface area contributed by atoms with Gasteiger partial charge >= 0.3 is 0 Å². The summed E-state index contributed by atoms with van der Waals surface area (Å²) < 4.78 is 0. The molecular formula is C14H21Cl2N. The van der Waals surface area contributed by atoms with Crippen molar-refractivity contribution in [3.05, 3.63) is 33.8 Å². The molecule has 1 aromatic rings. The number of rotatable bonds is 6. The standard InChI is InChI=1S/C14H21Cl2N/c1-4-7-17-11(3)8-10(2)13-9-12(15)5-6-14(13)16/h5-6,9-11,17H,4,7-8H2,1-3H3. The molecule has 0 bridgehead atoms. The molecule has 0 saturated heterocycles. The van der Waals surface area contributed by atoms with Crippen molar-refractivity contribution in [3.8, 4) is 0 Å². The van der Waals surface area contributed by atoms with Crippen LogP contribution in [0.15, 0.2) is 18.2 Å². The number of halogens is 2. The molecule has 1 nitrogen and oxygen atoms in total. The molecule has 17 heavy (non-hydrogen) atoms. The van der Waals surface area contributed by atoms with Crippen LogP contribution in [0.3, 0.4) is 0 Å². The first-order chi connectivity index (χ1) is 8.04. The van der Waals surface area contributed by atoms with Crippen LogP contribution in [0.25, 0.3) is 0 Å². The van der Waals surface area contributed by atoms with E-state index in [2.05, 4.69) is 26.1 Å². The van der Waals surface area contributed by atoms with Gasteiger partial charge in [-0.1, -0.05) is 37.0 Å². The third kappa shape index (κ3) is 4.87. The highest BCUT2D eigenvalue weighted by Gasteiger charge is 2.13. The van der Waals surface area contributed by atoms with Gasteiger partial charge in [-0.05, 0) is 56.0 Å². The van der Waals surface area contributed by atoms with Gasteiger partial charge in [-0.2, -0.15) is 0 Å². The minimum Gasteiger partial charge on any atom is -0.314 e. The largest absolute Gasteiger partial charge is 0.314 e. The first-order valence-electron chi connectivity index (χ1n) is 6.23. The summed E-state index contributed by atoms with van der Waals surface area (Å²) in [5.74, 6) is 0.417. The molecule has 1 rings (SSSR count). The highest BCUT2D eigenvalue weighted by atomic mass is 35.5. The Bertz CT molecular complexity index is 352. The van der Waals surface area contributed by atoms with Crippen LogP contribution in [0.5, 0.6) is 0 Å². The predicted molar refractivity (Wildman–Crippen MR) is 77.2 cm³/mol. The quantitative estimate of drug-likeness (QED) is 0.780. The molecule has 0 spiro atoms. The maximum Gasteiger partial charge on any atom is 0.0441 e. The molecule has 0 amide bonds. The van der Waals surface area contributed by atoms with Crippen molar-refractivity contribution in [2.45, 2.75) is 45.6 Å². The van der Waals surface area contributed by atoms with Gasteiger partial charge in [0, 0.05) is 16.1 Å². The molecule has 0 radical (unpaired) electrons. The third-order valence-electron chi connectivity index (χ3n) is 2.94. The normalized spacial score (nSPS) is 14.6. The Balaban J connectivity index is 2.62. The molecule has 2 atom stereocenters. The SMILES string of the molecule is CCCNC(C)CC(C)c1cc(Cl)ccc1Cl. The van der Waals surface area contributed by atoms with E-state index in [1.807, 2.05) is 18.2 Å². The van der Waals surface area contributed by atoms with E-state index in [1.165, 1.54) is 0 Å². The van der Waals surface area contributed by atoms with Crippen LogP contribution in [-0.2, 0) is 0 Å². The van der Waals surface area contributed by atoms with Crippen molar-refractivity contribution in [1.29, 1.82) is 0 Å². The molecule has 0 aromatic heterocycles. The zero-order valence-electron chi connectivity index (χ0n) is 10.8. The van der Waals surface area contributed by atoms with Crippen LogP contribution >= 0.6 is 23.2 Å². The van der Waals surface area contributed by atoms with Crippen molar-refractivity contribution >= 4 is 23.2 Å². The third-order valence-corrected chi connectivity index (χ3v) is 3.52.